The van der Waals surface area contributed by atoms with Gasteiger partial charge in [0.1, 0.15) is 0 Å². The maximum Gasteiger partial charge on any atom is 0.410 e. The van der Waals surface area contributed by atoms with Gasteiger partial charge in [0.15, 0.2) is 6.10 Å². The number of carbonyl (C=O) groups excluding carboxylic acids is 1. The Morgan fingerprint density at radius 2 is 2.17 bits per heavy atom. The van der Waals surface area contributed by atoms with Gasteiger partial charge in [-0.1, -0.05) is 17.7 Å². The van der Waals surface area contributed by atoms with E-state index < -0.39 is 6.10 Å². The van der Waals surface area contributed by atoms with Gasteiger partial charge in [0.25, 0.3) is 0 Å². The van der Waals surface area contributed by atoms with Crippen LogP contribution in [0.3, 0.4) is 0 Å². The van der Waals surface area contributed by atoms with E-state index in [0.29, 0.717) is 29.6 Å². The minimum Gasteiger partial charge on any atom is -0.438 e. The molecule has 1 saturated heterocycles. The zero-order valence-electron chi connectivity index (χ0n) is 12.6. The summed E-state index contributed by atoms with van der Waals surface area (Å²) >= 11 is 5.95. The largest absolute Gasteiger partial charge is 0.438 e. The molecular weight excluding hydrogens is 320 g/mol. The van der Waals surface area contributed by atoms with Gasteiger partial charge in [-0.05, 0) is 30.3 Å². The Hall–Kier alpha value is -2.19. The van der Waals surface area contributed by atoms with E-state index in [0.717, 1.165) is 13.1 Å². The Bertz CT molecular complexity index is 685. The van der Waals surface area contributed by atoms with Crippen molar-refractivity contribution < 1.29 is 9.53 Å². The number of benzene rings is 1. The topological polar surface area (TPSA) is 85.2 Å². The molecule has 2 heterocycles. The van der Waals surface area contributed by atoms with Crippen LogP contribution in [-0.2, 0) is 4.74 Å². The quantitative estimate of drug-likeness (QED) is 0.912. The van der Waals surface area contributed by atoms with Crippen molar-refractivity contribution in [3.8, 4) is 5.69 Å². The van der Waals surface area contributed by atoms with Crippen molar-refractivity contribution in [1.29, 1.82) is 0 Å². The molecule has 0 radical (unpaired) electrons. The minimum atomic E-state index is -0.578. The Kier molecular flexibility index (Phi) is 4.73. The van der Waals surface area contributed by atoms with Crippen LogP contribution >= 0.6 is 11.6 Å². The molecule has 0 saturated carbocycles. The molecule has 1 unspecified atom stereocenters. The van der Waals surface area contributed by atoms with Crippen LogP contribution in [0.25, 0.3) is 5.69 Å². The summed E-state index contributed by atoms with van der Waals surface area (Å²) in [5.74, 6) is 0.341. The third-order valence-corrected chi connectivity index (χ3v) is 3.72. The zero-order chi connectivity index (χ0) is 16.2. The molecule has 122 valence electrons. The molecular formula is C14H17ClN6O2. The lowest BCUT2D eigenvalue weighted by molar-refractivity contribution is 0.0628. The van der Waals surface area contributed by atoms with Gasteiger partial charge in [-0.2, -0.15) is 0 Å². The maximum absolute atomic E-state index is 12.1. The molecule has 1 aromatic heterocycles. The summed E-state index contributed by atoms with van der Waals surface area (Å²) in [5, 5.41) is 15.9. The molecule has 1 N–H and O–H groups in total. The number of carbonyl (C=O) groups is 1. The average Bonchev–Trinajstić information content (AvgIpc) is 3.06. The van der Waals surface area contributed by atoms with Crippen LogP contribution in [0.5, 0.6) is 0 Å². The van der Waals surface area contributed by atoms with Crippen molar-refractivity contribution in [2.24, 2.45) is 0 Å². The first kappa shape index (κ1) is 15.7. The minimum absolute atomic E-state index is 0.341. The van der Waals surface area contributed by atoms with E-state index >= 15 is 0 Å². The standard InChI is InChI=1S/C14H17ClN6O2/c1-10(23-14(22)20-7-5-16-6-8-20)13-17-19-21(18-13)12-4-2-3-11(15)9-12/h2-4,9-10,16H,5-8H2,1H3. The molecule has 9 heteroatoms. The molecule has 3 rings (SSSR count). The van der Waals surface area contributed by atoms with Gasteiger partial charge in [0.05, 0.1) is 5.69 Å². The van der Waals surface area contributed by atoms with Gasteiger partial charge in [-0.3, -0.25) is 0 Å². The molecule has 0 bridgehead atoms. The highest BCUT2D eigenvalue weighted by molar-refractivity contribution is 6.30. The van der Waals surface area contributed by atoms with E-state index in [4.69, 9.17) is 16.3 Å². The lowest BCUT2D eigenvalue weighted by Gasteiger charge is -2.27. The van der Waals surface area contributed by atoms with Crippen molar-refractivity contribution in [2.45, 2.75) is 13.0 Å². The molecule has 1 aromatic carbocycles. The molecule has 1 aliphatic rings. The van der Waals surface area contributed by atoms with Gasteiger partial charge >= 0.3 is 6.09 Å². The zero-order valence-corrected chi connectivity index (χ0v) is 13.4. The highest BCUT2D eigenvalue weighted by atomic mass is 35.5. The van der Waals surface area contributed by atoms with Crippen molar-refractivity contribution in [3.63, 3.8) is 0 Å². The lowest BCUT2D eigenvalue weighted by Crippen LogP contribution is -2.46. The number of rotatable bonds is 3. The molecule has 0 spiro atoms. The number of aromatic nitrogens is 4. The predicted octanol–water partition coefficient (Wildman–Crippen LogP) is 1.42. The van der Waals surface area contributed by atoms with E-state index in [1.54, 1.807) is 30.0 Å². The Labute approximate surface area is 138 Å². The first-order valence-electron chi connectivity index (χ1n) is 7.35. The number of piperazine rings is 1. The van der Waals surface area contributed by atoms with Gasteiger partial charge in [-0.15, -0.1) is 15.0 Å². The van der Waals surface area contributed by atoms with Crippen LogP contribution in [0, 0.1) is 0 Å². The van der Waals surface area contributed by atoms with Gasteiger partial charge in [-0.25, -0.2) is 4.79 Å². The van der Waals surface area contributed by atoms with Crippen LogP contribution in [-0.4, -0.2) is 57.4 Å². The van der Waals surface area contributed by atoms with E-state index in [9.17, 15) is 4.79 Å². The van der Waals surface area contributed by atoms with Crippen LogP contribution in [0.1, 0.15) is 18.9 Å². The fraction of sp³-hybridized carbons (Fsp3) is 0.429. The highest BCUT2D eigenvalue weighted by Crippen LogP contribution is 2.16. The summed E-state index contributed by atoms with van der Waals surface area (Å²) in [6.45, 7) is 4.53. The number of nitrogens with zero attached hydrogens (tertiary/aromatic N) is 5. The Morgan fingerprint density at radius 3 is 2.91 bits per heavy atom. The summed E-state index contributed by atoms with van der Waals surface area (Å²) < 4.78 is 5.40. The average molecular weight is 337 g/mol. The van der Waals surface area contributed by atoms with Crippen LogP contribution in [0.15, 0.2) is 24.3 Å². The first-order chi connectivity index (χ1) is 11.1. The molecule has 1 aliphatic heterocycles. The van der Waals surface area contributed by atoms with Crippen molar-refractivity contribution in [3.05, 3.63) is 35.1 Å². The van der Waals surface area contributed by atoms with Crippen LogP contribution < -0.4 is 5.32 Å². The van der Waals surface area contributed by atoms with Crippen molar-refractivity contribution in [1.82, 2.24) is 30.4 Å². The Morgan fingerprint density at radius 1 is 1.39 bits per heavy atom. The number of hydrogen-bond acceptors (Lipinski definition) is 6. The number of tetrazole rings is 1. The fourth-order valence-electron chi connectivity index (χ4n) is 2.22. The molecule has 8 nitrogen and oxygen atoms in total. The monoisotopic (exact) mass is 336 g/mol. The molecule has 23 heavy (non-hydrogen) atoms. The molecule has 2 aromatic rings. The normalized spacial score (nSPS) is 16.2. The molecule has 1 fully saturated rings. The summed E-state index contributed by atoms with van der Waals surface area (Å²) in [6.07, 6.45) is -0.941. The van der Waals surface area contributed by atoms with Crippen LogP contribution in [0.4, 0.5) is 4.79 Å². The van der Waals surface area contributed by atoms with Gasteiger partial charge < -0.3 is 15.0 Å². The smallest absolute Gasteiger partial charge is 0.410 e. The molecule has 1 atom stereocenters. The summed E-state index contributed by atoms with van der Waals surface area (Å²) in [5.41, 5.74) is 0.692. The number of halogens is 1. The summed E-state index contributed by atoms with van der Waals surface area (Å²) in [4.78, 5) is 15.1. The van der Waals surface area contributed by atoms with Crippen molar-refractivity contribution in [2.75, 3.05) is 26.2 Å². The van der Waals surface area contributed by atoms with Gasteiger partial charge in [0, 0.05) is 31.2 Å². The second kappa shape index (κ2) is 6.93. The molecule has 1 amide bonds. The predicted molar refractivity (Wildman–Crippen MR) is 83.5 cm³/mol. The molecule has 0 aliphatic carbocycles. The SMILES string of the molecule is CC(OC(=O)N1CCNCC1)c1nnn(-c2cccc(Cl)c2)n1. The summed E-state index contributed by atoms with van der Waals surface area (Å²) in [6, 6.07) is 7.11. The summed E-state index contributed by atoms with van der Waals surface area (Å²) in [7, 11) is 0. The number of nitrogens with one attached hydrogen (secondary N) is 1. The third-order valence-electron chi connectivity index (χ3n) is 3.48. The van der Waals surface area contributed by atoms with Gasteiger partial charge in [0.2, 0.25) is 5.82 Å². The number of ether oxygens (including phenoxy) is 1. The third kappa shape index (κ3) is 3.77. The number of hydrogen-bond donors (Lipinski definition) is 1. The van der Waals surface area contributed by atoms with Crippen molar-refractivity contribution >= 4 is 17.7 Å². The number of amides is 1. The van der Waals surface area contributed by atoms with Crippen LogP contribution in [0.2, 0.25) is 5.02 Å². The fourth-order valence-corrected chi connectivity index (χ4v) is 2.41. The van der Waals surface area contributed by atoms with E-state index in [1.807, 2.05) is 6.07 Å². The second-order valence-corrected chi connectivity index (χ2v) is 5.62. The van der Waals surface area contributed by atoms with E-state index in [2.05, 4.69) is 20.7 Å². The lowest BCUT2D eigenvalue weighted by atomic mass is 10.3. The first-order valence-corrected chi connectivity index (χ1v) is 7.73. The highest BCUT2D eigenvalue weighted by Gasteiger charge is 2.22. The van der Waals surface area contributed by atoms with E-state index in [-0.39, 0.29) is 6.09 Å². The second-order valence-electron chi connectivity index (χ2n) is 5.18. The Balaban J connectivity index is 1.66. The maximum atomic E-state index is 12.1. The van der Waals surface area contributed by atoms with E-state index in [1.165, 1.54) is 4.80 Å².